The van der Waals surface area contributed by atoms with E-state index < -0.39 is 0 Å². The van der Waals surface area contributed by atoms with Gasteiger partial charge in [-0.1, -0.05) is 53.0 Å². The summed E-state index contributed by atoms with van der Waals surface area (Å²) in [6.07, 6.45) is 1.10. The summed E-state index contributed by atoms with van der Waals surface area (Å²) in [5.41, 5.74) is 0.821. The van der Waals surface area contributed by atoms with E-state index in [-0.39, 0.29) is 0 Å². The molecule has 0 amide bonds. The summed E-state index contributed by atoms with van der Waals surface area (Å²) in [6.45, 7) is 5.26. The summed E-state index contributed by atoms with van der Waals surface area (Å²) >= 11 is 15.5. The molecule has 1 nitrogen and oxygen atoms in total. The van der Waals surface area contributed by atoms with Gasteiger partial charge in [0.1, 0.15) is 0 Å². The standard InChI is InChI=1S/C11H14BrCl2N/c1-7(2)3-4-15-11-9(13)5-8(12)6-10(11)14/h5-7,15H,3-4H2,1-2H3. The molecule has 0 saturated carbocycles. The summed E-state index contributed by atoms with van der Waals surface area (Å²) in [5, 5.41) is 4.56. The molecule has 0 atom stereocenters. The minimum atomic E-state index is 0.651. The van der Waals surface area contributed by atoms with Crippen molar-refractivity contribution in [2.75, 3.05) is 11.9 Å². The Morgan fingerprint density at radius 1 is 1.27 bits per heavy atom. The number of halogens is 3. The molecule has 0 bridgehead atoms. The summed E-state index contributed by atoms with van der Waals surface area (Å²) in [7, 11) is 0. The van der Waals surface area contributed by atoms with E-state index in [1.807, 2.05) is 12.1 Å². The fraction of sp³-hybridized carbons (Fsp3) is 0.455. The molecular weight excluding hydrogens is 297 g/mol. The van der Waals surface area contributed by atoms with Gasteiger partial charge in [-0.05, 0) is 24.5 Å². The zero-order chi connectivity index (χ0) is 11.4. The Morgan fingerprint density at radius 2 is 1.80 bits per heavy atom. The molecule has 0 unspecified atom stereocenters. The van der Waals surface area contributed by atoms with Crippen LogP contribution in [0.15, 0.2) is 16.6 Å². The smallest absolute Gasteiger partial charge is 0.0719 e. The molecule has 1 rings (SSSR count). The van der Waals surface area contributed by atoms with E-state index in [1.54, 1.807) is 0 Å². The first kappa shape index (κ1) is 13.1. The normalized spacial score (nSPS) is 10.8. The molecule has 0 saturated heterocycles. The van der Waals surface area contributed by atoms with Crippen LogP contribution in [0.25, 0.3) is 0 Å². The Hall–Kier alpha value is 0.0800. The zero-order valence-corrected chi connectivity index (χ0v) is 11.9. The van der Waals surface area contributed by atoms with Crippen molar-refractivity contribution in [2.45, 2.75) is 20.3 Å². The first-order valence-electron chi connectivity index (χ1n) is 4.89. The molecule has 0 aliphatic heterocycles. The van der Waals surface area contributed by atoms with Crippen LogP contribution >= 0.6 is 39.1 Å². The van der Waals surface area contributed by atoms with Crippen LogP contribution < -0.4 is 5.32 Å². The van der Waals surface area contributed by atoms with Crippen LogP contribution in [-0.4, -0.2) is 6.54 Å². The first-order valence-corrected chi connectivity index (χ1v) is 6.44. The highest BCUT2D eigenvalue weighted by atomic mass is 79.9. The van der Waals surface area contributed by atoms with E-state index in [0.29, 0.717) is 16.0 Å². The van der Waals surface area contributed by atoms with Gasteiger partial charge in [0.25, 0.3) is 0 Å². The van der Waals surface area contributed by atoms with Gasteiger partial charge >= 0.3 is 0 Å². The maximum absolute atomic E-state index is 6.07. The monoisotopic (exact) mass is 309 g/mol. The van der Waals surface area contributed by atoms with Gasteiger partial charge < -0.3 is 5.32 Å². The number of hydrogen-bond donors (Lipinski definition) is 1. The van der Waals surface area contributed by atoms with Gasteiger partial charge in [0.05, 0.1) is 15.7 Å². The molecule has 0 spiro atoms. The minimum Gasteiger partial charge on any atom is -0.383 e. The van der Waals surface area contributed by atoms with Crippen LogP contribution in [-0.2, 0) is 0 Å². The SMILES string of the molecule is CC(C)CCNc1c(Cl)cc(Br)cc1Cl. The van der Waals surface area contributed by atoms with E-state index in [2.05, 4.69) is 35.1 Å². The Balaban J connectivity index is 2.68. The van der Waals surface area contributed by atoms with Crippen molar-refractivity contribution in [1.29, 1.82) is 0 Å². The van der Waals surface area contributed by atoms with Gasteiger partial charge in [-0.15, -0.1) is 0 Å². The van der Waals surface area contributed by atoms with Crippen molar-refractivity contribution in [3.8, 4) is 0 Å². The lowest BCUT2D eigenvalue weighted by molar-refractivity contribution is 0.607. The summed E-state index contributed by atoms with van der Waals surface area (Å²) in [4.78, 5) is 0. The Bertz CT molecular complexity index is 316. The summed E-state index contributed by atoms with van der Waals surface area (Å²) < 4.78 is 0.895. The highest BCUT2D eigenvalue weighted by Crippen LogP contribution is 2.33. The highest BCUT2D eigenvalue weighted by molar-refractivity contribution is 9.10. The molecule has 0 aliphatic carbocycles. The average molecular weight is 311 g/mol. The number of nitrogens with one attached hydrogen (secondary N) is 1. The van der Waals surface area contributed by atoms with Crippen LogP contribution in [0.5, 0.6) is 0 Å². The Kier molecular flexibility index (Phi) is 5.24. The fourth-order valence-corrected chi connectivity index (χ4v) is 2.54. The number of hydrogen-bond acceptors (Lipinski definition) is 1. The molecule has 0 heterocycles. The van der Waals surface area contributed by atoms with Gasteiger partial charge in [-0.3, -0.25) is 0 Å². The maximum atomic E-state index is 6.07. The second-order valence-corrected chi connectivity index (χ2v) is 5.58. The lowest BCUT2D eigenvalue weighted by Crippen LogP contribution is -2.05. The Labute approximate surface area is 109 Å². The highest BCUT2D eigenvalue weighted by Gasteiger charge is 2.06. The van der Waals surface area contributed by atoms with Crippen molar-refractivity contribution in [3.05, 3.63) is 26.7 Å². The molecule has 0 radical (unpaired) electrons. The van der Waals surface area contributed by atoms with Crippen LogP contribution in [0.2, 0.25) is 10.0 Å². The molecule has 0 aromatic heterocycles. The van der Waals surface area contributed by atoms with Gasteiger partial charge in [0.15, 0.2) is 0 Å². The van der Waals surface area contributed by atoms with Crippen molar-refractivity contribution in [3.63, 3.8) is 0 Å². The third kappa shape index (κ3) is 4.21. The van der Waals surface area contributed by atoms with Gasteiger partial charge in [0.2, 0.25) is 0 Å². The predicted octanol–water partition coefficient (Wildman–Crippen LogP) is 5.21. The second kappa shape index (κ2) is 5.97. The molecule has 0 aliphatic rings. The quantitative estimate of drug-likeness (QED) is 0.804. The average Bonchev–Trinajstić information content (AvgIpc) is 2.08. The van der Waals surface area contributed by atoms with Crippen molar-refractivity contribution in [1.82, 2.24) is 0 Å². The van der Waals surface area contributed by atoms with Crippen molar-refractivity contribution >= 4 is 44.8 Å². The van der Waals surface area contributed by atoms with E-state index >= 15 is 0 Å². The van der Waals surface area contributed by atoms with Crippen LogP contribution in [0.3, 0.4) is 0 Å². The van der Waals surface area contributed by atoms with Gasteiger partial charge in [0, 0.05) is 11.0 Å². The number of rotatable bonds is 4. The van der Waals surface area contributed by atoms with E-state index in [9.17, 15) is 0 Å². The van der Waals surface area contributed by atoms with Crippen LogP contribution in [0.4, 0.5) is 5.69 Å². The first-order chi connectivity index (χ1) is 7.00. The number of anilines is 1. The molecule has 4 heteroatoms. The Morgan fingerprint density at radius 3 is 2.27 bits per heavy atom. The molecule has 1 aromatic carbocycles. The van der Waals surface area contributed by atoms with E-state index in [4.69, 9.17) is 23.2 Å². The van der Waals surface area contributed by atoms with Crippen molar-refractivity contribution < 1.29 is 0 Å². The molecule has 1 N–H and O–H groups in total. The largest absolute Gasteiger partial charge is 0.383 e. The summed E-state index contributed by atoms with van der Waals surface area (Å²) in [5.74, 6) is 0.672. The van der Waals surface area contributed by atoms with Gasteiger partial charge in [-0.2, -0.15) is 0 Å². The molecule has 1 aromatic rings. The lowest BCUT2D eigenvalue weighted by atomic mass is 10.1. The maximum Gasteiger partial charge on any atom is 0.0719 e. The predicted molar refractivity (Wildman–Crippen MR) is 72.1 cm³/mol. The van der Waals surface area contributed by atoms with E-state index in [0.717, 1.165) is 23.1 Å². The van der Waals surface area contributed by atoms with Crippen LogP contribution in [0, 0.1) is 5.92 Å². The third-order valence-corrected chi connectivity index (χ3v) is 3.08. The minimum absolute atomic E-state index is 0.651. The molecular formula is C11H14BrCl2N. The van der Waals surface area contributed by atoms with Gasteiger partial charge in [-0.25, -0.2) is 0 Å². The molecule has 84 valence electrons. The molecule has 0 fully saturated rings. The topological polar surface area (TPSA) is 12.0 Å². The summed E-state index contributed by atoms with van der Waals surface area (Å²) in [6, 6.07) is 3.68. The lowest BCUT2D eigenvalue weighted by Gasteiger charge is -2.12. The second-order valence-electron chi connectivity index (χ2n) is 3.85. The van der Waals surface area contributed by atoms with Crippen LogP contribution in [0.1, 0.15) is 20.3 Å². The number of benzene rings is 1. The fourth-order valence-electron chi connectivity index (χ4n) is 1.20. The molecule has 15 heavy (non-hydrogen) atoms. The third-order valence-electron chi connectivity index (χ3n) is 2.03. The van der Waals surface area contributed by atoms with E-state index in [1.165, 1.54) is 0 Å². The van der Waals surface area contributed by atoms with Crippen molar-refractivity contribution in [2.24, 2.45) is 5.92 Å². The zero-order valence-electron chi connectivity index (χ0n) is 8.78.